The molecule has 0 radical (unpaired) electrons. The van der Waals surface area contributed by atoms with Crippen LogP contribution in [-0.2, 0) is 11.3 Å². The van der Waals surface area contributed by atoms with E-state index in [2.05, 4.69) is 60.1 Å². The molecule has 2 aromatic heterocycles. The van der Waals surface area contributed by atoms with Crippen LogP contribution in [0.25, 0.3) is 0 Å². The normalized spacial score (nSPS) is 18.7. The molecule has 182 valence electrons. The molecule has 2 saturated heterocycles. The minimum atomic E-state index is -0.476. The van der Waals surface area contributed by atoms with Gasteiger partial charge >= 0.3 is 0 Å². The number of nitrogens with one attached hydrogen (secondary N) is 2. The Hall–Kier alpha value is -3.50. The highest BCUT2D eigenvalue weighted by Crippen LogP contribution is 2.25. The van der Waals surface area contributed by atoms with E-state index >= 15 is 0 Å². The zero-order valence-corrected chi connectivity index (χ0v) is 19.5. The zero-order chi connectivity index (χ0) is 23.9. The molecule has 0 amide bonds. The fraction of sp³-hybridized carbons (Fsp3) is 0.400. The van der Waals surface area contributed by atoms with Crippen LogP contribution in [-0.4, -0.2) is 47.8 Å². The number of nitrogens with zero attached hydrogens (tertiary/aromatic N) is 6. The van der Waals surface area contributed by atoms with Gasteiger partial charge in [0.25, 0.3) is 5.95 Å². The molecule has 0 saturated carbocycles. The van der Waals surface area contributed by atoms with Crippen molar-refractivity contribution in [2.75, 3.05) is 43.1 Å². The molecule has 0 spiro atoms. The molecule has 2 aliphatic heterocycles. The van der Waals surface area contributed by atoms with E-state index in [9.17, 15) is 4.39 Å². The summed E-state index contributed by atoms with van der Waals surface area (Å²) < 4.78 is 19.5. The van der Waals surface area contributed by atoms with Gasteiger partial charge in [0.2, 0.25) is 0 Å². The van der Waals surface area contributed by atoms with Crippen molar-refractivity contribution >= 4 is 23.1 Å². The first-order valence-electron chi connectivity index (χ1n) is 12.0. The Morgan fingerprint density at radius 2 is 1.86 bits per heavy atom. The van der Waals surface area contributed by atoms with E-state index in [4.69, 9.17) is 4.74 Å². The largest absolute Gasteiger partial charge is 0.378 e. The van der Waals surface area contributed by atoms with Crippen LogP contribution in [0, 0.1) is 5.82 Å². The van der Waals surface area contributed by atoms with E-state index in [1.165, 1.54) is 24.8 Å². The Morgan fingerprint density at radius 3 is 2.60 bits per heavy atom. The van der Waals surface area contributed by atoms with Crippen molar-refractivity contribution in [2.24, 2.45) is 10.2 Å². The summed E-state index contributed by atoms with van der Waals surface area (Å²) in [4.78, 5) is 14.4. The Balaban J connectivity index is 1.15. The summed E-state index contributed by atoms with van der Waals surface area (Å²) >= 11 is 0. The van der Waals surface area contributed by atoms with Crippen molar-refractivity contribution in [1.29, 1.82) is 0 Å². The van der Waals surface area contributed by atoms with Gasteiger partial charge in [-0.3, -0.25) is 4.98 Å². The Bertz CT molecular complexity index is 1130. The molecule has 3 aromatic rings. The summed E-state index contributed by atoms with van der Waals surface area (Å²) in [6.07, 6.45) is 6.63. The molecule has 0 aliphatic carbocycles. The minimum Gasteiger partial charge on any atom is -0.378 e. The van der Waals surface area contributed by atoms with Crippen LogP contribution in [0.5, 0.6) is 0 Å². The molecule has 1 aromatic carbocycles. The van der Waals surface area contributed by atoms with Crippen molar-refractivity contribution in [2.45, 2.75) is 31.8 Å². The fourth-order valence-electron chi connectivity index (χ4n) is 4.26. The maximum Gasteiger partial charge on any atom is 0.270 e. The van der Waals surface area contributed by atoms with Crippen LogP contribution in [0.15, 0.2) is 59.0 Å². The first kappa shape index (κ1) is 23.3. The zero-order valence-electron chi connectivity index (χ0n) is 19.5. The molecule has 2 fully saturated rings. The summed E-state index contributed by atoms with van der Waals surface area (Å²) in [5.74, 6) is -0.122. The summed E-state index contributed by atoms with van der Waals surface area (Å²) in [5.41, 5.74) is 4.00. The first-order chi connectivity index (χ1) is 17.2. The number of hydrogen-bond donors (Lipinski definition) is 2. The third-order valence-electron chi connectivity index (χ3n) is 6.15. The average molecular weight is 477 g/mol. The van der Waals surface area contributed by atoms with E-state index in [0.29, 0.717) is 32.3 Å². The topological polar surface area (TPSA) is 99.9 Å². The van der Waals surface area contributed by atoms with Gasteiger partial charge in [-0.15, -0.1) is 5.11 Å². The number of anilines is 3. The second-order valence-electron chi connectivity index (χ2n) is 8.63. The van der Waals surface area contributed by atoms with Crippen LogP contribution >= 0.6 is 0 Å². The molecule has 9 nitrogen and oxygen atoms in total. The standard InChI is InChI=1S/C25H29FN8O/c26-22-17-29-25(32-24(22)34-11-13-35-14-12-34)33-30-16-20-8-9-21(15-28-20)31-19-6-4-18(5-7-19)23-3-1-2-10-27-23/h4-9,15,17,23,27,31H,1-3,10-14,16H2. The molecule has 35 heavy (non-hydrogen) atoms. The van der Waals surface area contributed by atoms with Gasteiger partial charge in [-0.05, 0) is 49.2 Å². The van der Waals surface area contributed by atoms with E-state index < -0.39 is 5.82 Å². The smallest absolute Gasteiger partial charge is 0.270 e. The van der Waals surface area contributed by atoms with Crippen molar-refractivity contribution in [3.8, 4) is 0 Å². The Labute approximate surface area is 203 Å². The van der Waals surface area contributed by atoms with Crippen molar-refractivity contribution in [1.82, 2.24) is 20.3 Å². The van der Waals surface area contributed by atoms with Gasteiger partial charge in [0.15, 0.2) is 11.6 Å². The van der Waals surface area contributed by atoms with Crippen LogP contribution in [0.1, 0.15) is 36.6 Å². The van der Waals surface area contributed by atoms with Crippen LogP contribution in [0.3, 0.4) is 0 Å². The number of pyridine rings is 1. The molecule has 2 N–H and O–H groups in total. The molecule has 4 heterocycles. The lowest BCUT2D eigenvalue weighted by Gasteiger charge is -2.27. The van der Waals surface area contributed by atoms with E-state index in [1.54, 1.807) is 6.20 Å². The molecule has 2 aliphatic rings. The minimum absolute atomic E-state index is 0.123. The number of rotatable bonds is 7. The van der Waals surface area contributed by atoms with Crippen molar-refractivity contribution in [3.63, 3.8) is 0 Å². The summed E-state index contributed by atoms with van der Waals surface area (Å²) in [6.45, 7) is 3.61. The maximum absolute atomic E-state index is 14.1. The Kier molecular flexibility index (Phi) is 7.50. The highest BCUT2D eigenvalue weighted by atomic mass is 19.1. The van der Waals surface area contributed by atoms with Gasteiger partial charge in [-0.25, -0.2) is 9.37 Å². The number of hydrogen-bond acceptors (Lipinski definition) is 9. The number of ether oxygens (including phenoxy) is 1. The maximum atomic E-state index is 14.1. The van der Waals surface area contributed by atoms with Gasteiger partial charge in [0, 0.05) is 24.8 Å². The van der Waals surface area contributed by atoms with Gasteiger partial charge in [-0.2, -0.15) is 10.1 Å². The van der Waals surface area contributed by atoms with Gasteiger partial charge in [-0.1, -0.05) is 18.6 Å². The number of aromatic nitrogens is 3. The van der Waals surface area contributed by atoms with E-state index in [1.807, 2.05) is 17.0 Å². The summed E-state index contributed by atoms with van der Waals surface area (Å²) in [5, 5.41) is 15.2. The van der Waals surface area contributed by atoms with Gasteiger partial charge < -0.3 is 20.3 Å². The highest BCUT2D eigenvalue weighted by molar-refractivity contribution is 5.59. The second-order valence-corrected chi connectivity index (χ2v) is 8.63. The lowest BCUT2D eigenvalue weighted by Crippen LogP contribution is -2.37. The summed E-state index contributed by atoms with van der Waals surface area (Å²) in [7, 11) is 0. The lowest BCUT2D eigenvalue weighted by molar-refractivity contribution is 0.122. The number of morpholine rings is 1. The predicted molar refractivity (Wildman–Crippen MR) is 132 cm³/mol. The Morgan fingerprint density at radius 1 is 1.03 bits per heavy atom. The SMILES string of the molecule is Fc1cnc(N=NCc2ccc(Nc3ccc(C4CCCCN4)cc3)cn2)nc1N1CCOCC1. The molecule has 0 bridgehead atoms. The molecule has 1 unspecified atom stereocenters. The quantitative estimate of drug-likeness (QED) is 0.477. The van der Waals surface area contributed by atoms with Crippen molar-refractivity contribution in [3.05, 3.63) is 65.9 Å². The van der Waals surface area contributed by atoms with Gasteiger partial charge in [0.05, 0.1) is 37.0 Å². The second kappa shape index (κ2) is 11.3. The molecular formula is C25H29FN8O. The molecular weight excluding hydrogens is 447 g/mol. The first-order valence-corrected chi connectivity index (χ1v) is 12.0. The third-order valence-corrected chi connectivity index (χ3v) is 6.15. The monoisotopic (exact) mass is 476 g/mol. The number of benzene rings is 1. The van der Waals surface area contributed by atoms with Crippen LogP contribution < -0.4 is 15.5 Å². The predicted octanol–water partition coefficient (Wildman–Crippen LogP) is 4.69. The molecule has 10 heteroatoms. The lowest BCUT2D eigenvalue weighted by atomic mass is 9.97. The molecule has 5 rings (SSSR count). The third kappa shape index (κ3) is 6.14. The average Bonchev–Trinajstić information content (AvgIpc) is 2.92. The molecule has 1 atom stereocenters. The number of halogens is 1. The number of piperidine rings is 1. The van der Waals surface area contributed by atoms with Crippen LogP contribution in [0.4, 0.5) is 27.5 Å². The van der Waals surface area contributed by atoms with Gasteiger partial charge in [0.1, 0.15) is 6.54 Å². The van der Waals surface area contributed by atoms with E-state index in [-0.39, 0.29) is 18.3 Å². The summed E-state index contributed by atoms with van der Waals surface area (Å²) in [6, 6.07) is 12.9. The number of azo groups is 1. The fourth-order valence-corrected chi connectivity index (χ4v) is 4.26. The van der Waals surface area contributed by atoms with E-state index in [0.717, 1.165) is 29.8 Å². The van der Waals surface area contributed by atoms with Crippen molar-refractivity contribution < 1.29 is 9.13 Å². The highest BCUT2D eigenvalue weighted by Gasteiger charge is 2.18. The van der Waals surface area contributed by atoms with Crippen LogP contribution in [0.2, 0.25) is 0 Å².